The third-order valence-electron chi connectivity index (χ3n) is 4.19. The molecule has 23 heavy (non-hydrogen) atoms. The number of hydrogen-bond acceptors (Lipinski definition) is 3. The zero-order chi connectivity index (χ0) is 16.5. The van der Waals surface area contributed by atoms with E-state index in [-0.39, 0.29) is 11.6 Å². The first-order valence-corrected chi connectivity index (χ1v) is 9.12. The summed E-state index contributed by atoms with van der Waals surface area (Å²) in [5, 5.41) is 0. The lowest BCUT2D eigenvalue weighted by Gasteiger charge is -2.30. The Morgan fingerprint density at radius 2 is 1.61 bits per heavy atom. The number of ether oxygens (including phenoxy) is 1. The van der Waals surface area contributed by atoms with Gasteiger partial charge in [0.1, 0.15) is 5.60 Å². The number of sulfonamides is 1. The summed E-state index contributed by atoms with van der Waals surface area (Å²) in [6.45, 7) is 4.80. The summed E-state index contributed by atoms with van der Waals surface area (Å²) in [7, 11) is -3.59. The Balaban J connectivity index is 1.99. The van der Waals surface area contributed by atoms with Crippen molar-refractivity contribution in [3.63, 3.8) is 0 Å². The number of epoxide rings is 1. The van der Waals surface area contributed by atoms with Gasteiger partial charge >= 0.3 is 0 Å². The average molecular weight is 331 g/mol. The molecule has 3 rings (SSSR count). The van der Waals surface area contributed by atoms with E-state index in [1.807, 2.05) is 50.2 Å². The lowest BCUT2D eigenvalue weighted by Crippen LogP contribution is -2.39. The second-order valence-corrected chi connectivity index (χ2v) is 8.08. The minimum Gasteiger partial charge on any atom is -0.368 e. The molecule has 0 saturated carbocycles. The van der Waals surface area contributed by atoms with E-state index in [0.29, 0.717) is 18.0 Å². The molecule has 0 spiro atoms. The monoisotopic (exact) mass is 331 g/mol. The van der Waals surface area contributed by atoms with Gasteiger partial charge in [-0.2, -0.15) is 4.31 Å². The molecule has 0 amide bonds. The van der Waals surface area contributed by atoms with Crippen molar-refractivity contribution in [3.8, 4) is 0 Å². The van der Waals surface area contributed by atoms with Crippen LogP contribution in [0.3, 0.4) is 0 Å². The van der Waals surface area contributed by atoms with Crippen molar-refractivity contribution in [2.75, 3.05) is 13.2 Å². The Kier molecular flexibility index (Phi) is 4.27. The first kappa shape index (κ1) is 16.2. The van der Waals surface area contributed by atoms with Gasteiger partial charge in [-0.25, -0.2) is 8.42 Å². The lowest BCUT2D eigenvalue weighted by molar-refractivity contribution is 0.238. The van der Waals surface area contributed by atoms with E-state index in [0.717, 1.165) is 5.56 Å². The maximum absolute atomic E-state index is 13.1. The van der Waals surface area contributed by atoms with Crippen LogP contribution in [0.1, 0.15) is 25.5 Å². The van der Waals surface area contributed by atoms with E-state index in [1.54, 1.807) is 28.6 Å². The molecule has 2 atom stereocenters. The summed E-state index contributed by atoms with van der Waals surface area (Å²) in [4.78, 5) is 0.312. The van der Waals surface area contributed by atoms with Crippen LogP contribution in [-0.2, 0) is 14.8 Å². The maximum atomic E-state index is 13.1. The summed E-state index contributed by atoms with van der Waals surface area (Å²) in [6.07, 6.45) is 0. The standard InChI is InChI=1S/C18H21NO3S/c1-15(16-9-5-3-6-10-16)19(13-18(2)14-22-18)23(20,21)17-11-7-4-8-12-17/h3-12,15H,13-14H2,1-2H3. The molecule has 1 aliphatic rings. The van der Waals surface area contributed by atoms with E-state index in [9.17, 15) is 8.42 Å². The molecular weight excluding hydrogens is 310 g/mol. The molecule has 0 radical (unpaired) electrons. The van der Waals surface area contributed by atoms with Crippen LogP contribution in [-0.4, -0.2) is 31.5 Å². The lowest BCUT2D eigenvalue weighted by atomic mass is 10.1. The number of nitrogens with zero attached hydrogens (tertiary/aromatic N) is 1. The molecule has 4 nitrogen and oxygen atoms in total. The van der Waals surface area contributed by atoms with Gasteiger partial charge in [0, 0.05) is 12.6 Å². The molecule has 1 saturated heterocycles. The molecule has 1 aliphatic heterocycles. The van der Waals surface area contributed by atoms with Gasteiger partial charge < -0.3 is 4.74 Å². The highest BCUT2D eigenvalue weighted by Crippen LogP contribution is 2.34. The predicted octanol–water partition coefficient (Wildman–Crippen LogP) is 3.23. The molecule has 0 aliphatic carbocycles. The van der Waals surface area contributed by atoms with Gasteiger partial charge in [-0.1, -0.05) is 48.5 Å². The predicted molar refractivity (Wildman–Crippen MR) is 89.5 cm³/mol. The maximum Gasteiger partial charge on any atom is 0.243 e. The smallest absolute Gasteiger partial charge is 0.243 e. The molecule has 1 heterocycles. The number of rotatable bonds is 6. The molecular formula is C18H21NO3S. The molecule has 0 N–H and O–H groups in total. The SMILES string of the molecule is CC(c1ccccc1)N(CC1(C)CO1)S(=O)(=O)c1ccccc1. The fourth-order valence-corrected chi connectivity index (χ4v) is 4.35. The molecule has 0 aromatic heterocycles. The first-order chi connectivity index (χ1) is 10.9. The topological polar surface area (TPSA) is 49.9 Å². The molecule has 122 valence electrons. The van der Waals surface area contributed by atoms with Gasteiger partial charge in [-0.15, -0.1) is 0 Å². The van der Waals surface area contributed by atoms with E-state index in [4.69, 9.17) is 4.74 Å². The summed E-state index contributed by atoms with van der Waals surface area (Å²) >= 11 is 0. The van der Waals surface area contributed by atoms with Crippen molar-refractivity contribution < 1.29 is 13.2 Å². The van der Waals surface area contributed by atoms with Crippen molar-refractivity contribution >= 4 is 10.0 Å². The largest absolute Gasteiger partial charge is 0.368 e. The van der Waals surface area contributed by atoms with E-state index >= 15 is 0 Å². The Morgan fingerprint density at radius 3 is 2.13 bits per heavy atom. The summed E-state index contributed by atoms with van der Waals surface area (Å²) < 4.78 is 33.2. The summed E-state index contributed by atoms with van der Waals surface area (Å²) in [5.41, 5.74) is 0.585. The second kappa shape index (κ2) is 6.07. The van der Waals surface area contributed by atoms with Crippen LogP contribution in [0.4, 0.5) is 0 Å². The van der Waals surface area contributed by atoms with Gasteiger partial charge in [0.15, 0.2) is 0 Å². The van der Waals surface area contributed by atoms with Crippen LogP contribution in [0.5, 0.6) is 0 Å². The van der Waals surface area contributed by atoms with Crippen LogP contribution in [0.25, 0.3) is 0 Å². The van der Waals surface area contributed by atoms with E-state index in [1.165, 1.54) is 0 Å². The van der Waals surface area contributed by atoms with Crippen LogP contribution >= 0.6 is 0 Å². The third-order valence-corrected chi connectivity index (χ3v) is 6.12. The Labute approximate surface area is 137 Å². The summed E-state index contributed by atoms with van der Waals surface area (Å²) in [6, 6.07) is 18.0. The fourth-order valence-electron chi connectivity index (χ4n) is 2.60. The minimum atomic E-state index is -3.59. The normalized spacial score (nSPS) is 22.0. The number of benzene rings is 2. The highest BCUT2D eigenvalue weighted by molar-refractivity contribution is 7.89. The van der Waals surface area contributed by atoms with Crippen molar-refractivity contribution in [1.82, 2.24) is 4.31 Å². The Morgan fingerprint density at radius 1 is 1.09 bits per heavy atom. The van der Waals surface area contributed by atoms with Gasteiger partial charge in [0.05, 0.1) is 11.5 Å². The molecule has 1 fully saturated rings. The van der Waals surface area contributed by atoms with Crippen molar-refractivity contribution in [3.05, 3.63) is 66.2 Å². The molecule has 2 unspecified atom stereocenters. The molecule has 5 heteroatoms. The van der Waals surface area contributed by atoms with Crippen LogP contribution in [0.2, 0.25) is 0 Å². The van der Waals surface area contributed by atoms with Crippen LogP contribution < -0.4 is 0 Å². The van der Waals surface area contributed by atoms with Gasteiger partial charge in [-0.05, 0) is 31.5 Å². The van der Waals surface area contributed by atoms with Gasteiger partial charge in [-0.3, -0.25) is 0 Å². The zero-order valence-corrected chi connectivity index (χ0v) is 14.2. The van der Waals surface area contributed by atoms with Crippen LogP contribution in [0.15, 0.2) is 65.6 Å². The van der Waals surface area contributed by atoms with Gasteiger partial charge in [0.2, 0.25) is 10.0 Å². The van der Waals surface area contributed by atoms with Crippen molar-refractivity contribution in [1.29, 1.82) is 0 Å². The van der Waals surface area contributed by atoms with Crippen molar-refractivity contribution in [2.45, 2.75) is 30.4 Å². The second-order valence-electron chi connectivity index (χ2n) is 6.19. The van der Waals surface area contributed by atoms with Crippen molar-refractivity contribution in [2.24, 2.45) is 0 Å². The summed E-state index contributed by atoms with van der Waals surface area (Å²) in [5.74, 6) is 0. The molecule has 0 bridgehead atoms. The van der Waals surface area contributed by atoms with Crippen LogP contribution in [0, 0.1) is 0 Å². The first-order valence-electron chi connectivity index (χ1n) is 7.68. The minimum absolute atomic E-state index is 0.262. The average Bonchev–Trinajstić information content (AvgIpc) is 3.31. The van der Waals surface area contributed by atoms with Gasteiger partial charge in [0.25, 0.3) is 0 Å². The highest BCUT2D eigenvalue weighted by atomic mass is 32.2. The van der Waals surface area contributed by atoms with E-state index < -0.39 is 10.0 Å². The molecule has 2 aromatic carbocycles. The molecule has 2 aromatic rings. The quantitative estimate of drug-likeness (QED) is 0.764. The Bertz CT molecular complexity index is 755. The Hall–Kier alpha value is -1.69. The highest BCUT2D eigenvalue weighted by Gasteiger charge is 2.45. The number of hydrogen-bond donors (Lipinski definition) is 0. The van der Waals surface area contributed by atoms with E-state index in [2.05, 4.69) is 0 Å². The third kappa shape index (κ3) is 3.47. The fraction of sp³-hybridized carbons (Fsp3) is 0.333. The zero-order valence-electron chi connectivity index (χ0n) is 13.3.